The van der Waals surface area contributed by atoms with E-state index in [9.17, 15) is 26.4 Å². The molecule has 2 heterocycles. The Morgan fingerprint density at radius 2 is 2.00 bits per heavy atom. The second-order valence-corrected chi connectivity index (χ2v) is 7.55. The fourth-order valence-electron chi connectivity index (χ4n) is 2.53. The Hall–Kier alpha value is -3.15. The second kappa shape index (κ2) is 6.78. The van der Waals surface area contributed by atoms with Gasteiger partial charge in [-0.3, -0.25) is 4.79 Å². The third kappa shape index (κ3) is 3.26. The van der Waals surface area contributed by atoms with Crippen LogP contribution in [0.2, 0.25) is 0 Å². The largest absolute Gasteiger partial charge is 0.501 e. The molecule has 8 nitrogen and oxygen atoms in total. The number of aryl methyl sites for hydroxylation is 1. The molecule has 0 saturated heterocycles. The highest BCUT2D eigenvalue weighted by molar-refractivity contribution is 7.92. The van der Waals surface area contributed by atoms with Crippen LogP contribution in [0.1, 0.15) is 16.1 Å². The average molecular weight is 414 g/mol. The minimum atomic E-state index is -5.59. The van der Waals surface area contributed by atoms with Gasteiger partial charge in [0.1, 0.15) is 11.3 Å². The number of benzene rings is 1. The predicted octanol–water partition coefficient (Wildman–Crippen LogP) is 2.59. The van der Waals surface area contributed by atoms with E-state index in [4.69, 9.17) is 4.74 Å². The van der Waals surface area contributed by atoms with Crippen molar-refractivity contribution in [3.05, 3.63) is 47.9 Å². The SMILES string of the molecule is COc1ccc(S(=O)(=O)C(F)(F)F)cc1NC(=O)c1c(C)nn2cccnc12. The lowest BCUT2D eigenvalue weighted by atomic mass is 10.2. The molecular weight excluding hydrogens is 401 g/mol. The van der Waals surface area contributed by atoms with Gasteiger partial charge in [-0.05, 0) is 31.2 Å². The maximum atomic E-state index is 12.8. The number of rotatable bonds is 4. The van der Waals surface area contributed by atoms with Crippen molar-refractivity contribution in [3.8, 4) is 5.75 Å². The number of anilines is 1. The van der Waals surface area contributed by atoms with Crippen molar-refractivity contribution in [1.29, 1.82) is 0 Å². The summed E-state index contributed by atoms with van der Waals surface area (Å²) in [7, 11) is -4.36. The van der Waals surface area contributed by atoms with Gasteiger partial charge < -0.3 is 10.1 Å². The van der Waals surface area contributed by atoms with E-state index in [1.165, 1.54) is 17.8 Å². The van der Waals surface area contributed by atoms with Crippen molar-refractivity contribution < 1.29 is 31.1 Å². The molecule has 3 aromatic rings. The zero-order valence-corrected chi connectivity index (χ0v) is 15.3. The van der Waals surface area contributed by atoms with E-state index in [2.05, 4.69) is 15.4 Å². The number of methoxy groups -OCH3 is 1. The van der Waals surface area contributed by atoms with Crippen LogP contribution in [-0.2, 0) is 9.84 Å². The molecule has 0 unspecified atom stereocenters. The highest BCUT2D eigenvalue weighted by atomic mass is 32.2. The van der Waals surface area contributed by atoms with Gasteiger partial charge in [-0.1, -0.05) is 0 Å². The topological polar surface area (TPSA) is 103 Å². The lowest BCUT2D eigenvalue weighted by Crippen LogP contribution is -2.23. The number of hydrogen-bond acceptors (Lipinski definition) is 6. The minimum Gasteiger partial charge on any atom is -0.495 e. The molecule has 0 bridgehead atoms. The summed E-state index contributed by atoms with van der Waals surface area (Å²) in [6, 6.07) is 4.07. The van der Waals surface area contributed by atoms with Crippen LogP contribution >= 0.6 is 0 Å². The molecule has 0 aliphatic rings. The van der Waals surface area contributed by atoms with Gasteiger partial charge in [0.25, 0.3) is 15.7 Å². The number of fused-ring (bicyclic) bond motifs is 1. The second-order valence-electron chi connectivity index (χ2n) is 5.61. The van der Waals surface area contributed by atoms with E-state index in [-0.39, 0.29) is 22.6 Å². The molecule has 0 atom stereocenters. The number of ether oxygens (including phenoxy) is 1. The summed E-state index contributed by atoms with van der Waals surface area (Å²) in [6.07, 6.45) is 3.02. The normalized spacial score (nSPS) is 12.2. The summed E-state index contributed by atoms with van der Waals surface area (Å²) in [5.41, 5.74) is -5.07. The van der Waals surface area contributed by atoms with E-state index in [0.29, 0.717) is 11.8 Å². The fraction of sp³-hybridized carbons (Fsp3) is 0.188. The van der Waals surface area contributed by atoms with Gasteiger partial charge in [0.05, 0.1) is 23.4 Å². The number of hydrogen-bond donors (Lipinski definition) is 1. The van der Waals surface area contributed by atoms with Crippen LogP contribution in [-0.4, -0.2) is 41.5 Å². The lowest BCUT2D eigenvalue weighted by molar-refractivity contribution is -0.0436. The molecule has 1 aromatic carbocycles. The Morgan fingerprint density at radius 1 is 1.29 bits per heavy atom. The highest BCUT2D eigenvalue weighted by Gasteiger charge is 2.47. The van der Waals surface area contributed by atoms with Crippen molar-refractivity contribution in [2.75, 3.05) is 12.4 Å². The molecule has 1 amide bonds. The predicted molar refractivity (Wildman–Crippen MR) is 91.9 cm³/mol. The zero-order valence-electron chi connectivity index (χ0n) is 14.5. The van der Waals surface area contributed by atoms with Crippen LogP contribution in [0.15, 0.2) is 41.6 Å². The third-order valence-electron chi connectivity index (χ3n) is 3.83. The summed E-state index contributed by atoms with van der Waals surface area (Å²) in [5, 5.41) is 6.50. The molecule has 0 radical (unpaired) electrons. The number of nitrogens with zero attached hydrogens (tertiary/aromatic N) is 3. The number of sulfone groups is 1. The first-order chi connectivity index (χ1) is 13.1. The van der Waals surface area contributed by atoms with E-state index in [0.717, 1.165) is 12.1 Å². The maximum absolute atomic E-state index is 12.8. The molecule has 12 heteroatoms. The number of nitrogens with one attached hydrogen (secondary N) is 1. The number of amides is 1. The van der Waals surface area contributed by atoms with Gasteiger partial charge in [0.2, 0.25) is 0 Å². The van der Waals surface area contributed by atoms with E-state index < -0.39 is 26.1 Å². The molecule has 0 fully saturated rings. The smallest absolute Gasteiger partial charge is 0.495 e. The molecule has 0 saturated carbocycles. The molecular formula is C16H13F3N4O4S. The van der Waals surface area contributed by atoms with Crippen LogP contribution in [0.4, 0.5) is 18.9 Å². The number of halogens is 3. The minimum absolute atomic E-state index is 0.0171. The van der Waals surface area contributed by atoms with Gasteiger partial charge in [-0.15, -0.1) is 0 Å². The molecule has 3 rings (SSSR count). The van der Waals surface area contributed by atoms with Crippen molar-refractivity contribution in [1.82, 2.24) is 14.6 Å². The lowest BCUT2D eigenvalue weighted by Gasteiger charge is -2.13. The van der Waals surface area contributed by atoms with Crippen molar-refractivity contribution in [2.45, 2.75) is 17.3 Å². The summed E-state index contributed by atoms with van der Waals surface area (Å²) in [6.45, 7) is 1.56. The fourth-order valence-corrected chi connectivity index (χ4v) is 3.32. The van der Waals surface area contributed by atoms with Gasteiger partial charge in [-0.25, -0.2) is 17.9 Å². The monoisotopic (exact) mass is 414 g/mol. The summed E-state index contributed by atoms with van der Waals surface area (Å²) >= 11 is 0. The zero-order chi connectivity index (χ0) is 20.7. The van der Waals surface area contributed by atoms with Gasteiger partial charge in [-0.2, -0.15) is 18.3 Å². The molecule has 1 N–H and O–H groups in total. The Balaban J connectivity index is 2.05. The quantitative estimate of drug-likeness (QED) is 0.704. The molecule has 0 aliphatic heterocycles. The Kier molecular flexibility index (Phi) is 4.75. The molecule has 148 valence electrons. The summed E-state index contributed by atoms with van der Waals surface area (Å²) in [5.74, 6) is -0.748. The Labute approximate surface area is 156 Å². The molecule has 0 spiro atoms. The van der Waals surface area contributed by atoms with Crippen LogP contribution in [0, 0.1) is 6.92 Å². The van der Waals surface area contributed by atoms with Gasteiger partial charge in [0, 0.05) is 12.4 Å². The van der Waals surface area contributed by atoms with Gasteiger partial charge in [0.15, 0.2) is 5.65 Å². The maximum Gasteiger partial charge on any atom is 0.501 e. The standard InChI is InChI=1S/C16H13F3N4O4S/c1-9-13(14-20-6-3-7-23(14)22-9)15(24)21-11-8-10(4-5-12(11)27-2)28(25,26)16(17,18)19/h3-8H,1-2H3,(H,21,24). The number of carbonyl (C=O) groups is 1. The third-order valence-corrected chi connectivity index (χ3v) is 5.32. The van der Waals surface area contributed by atoms with Crippen LogP contribution in [0.5, 0.6) is 5.75 Å². The summed E-state index contributed by atoms with van der Waals surface area (Å²) in [4.78, 5) is 15.7. The van der Waals surface area contributed by atoms with Crippen molar-refractivity contribution >= 4 is 27.1 Å². The Bertz CT molecular complexity index is 1170. The van der Waals surface area contributed by atoms with Crippen molar-refractivity contribution in [3.63, 3.8) is 0 Å². The number of alkyl halides is 3. The van der Waals surface area contributed by atoms with Crippen LogP contribution < -0.4 is 10.1 Å². The molecule has 0 aliphatic carbocycles. The first-order valence-electron chi connectivity index (χ1n) is 7.67. The van der Waals surface area contributed by atoms with Gasteiger partial charge >= 0.3 is 5.51 Å². The van der Waals surface area contributed by atoms with E-state index >= 15 is 0 Å². The molecule has 2 aromatic heterocycles. The number of carbonyl (C=O) groups excluding carboxylic acids is 1. The van der Waals surface area contributed by atoms with E-state index in [1.54, 1.807) is 19.2 Å². The number of aromatic nitrogens is 3. The average Bonchev–Trinajstić information content (AvgIpc) is 2.96. The first-order valence-corrected chi connectivity index (χ1v) is 9.15. The summed E-state index contributed by atoms with van der Waals surface area (Å²) < 4.78 is 68.1. The van der Waals surface area contributed by atoms with E-state index in [1.807, 2.05) is 0 Å². The molecule has 28 heavy (non-hydrogen) atoms. The first kappa shape index (κ1) is 19.6. The Morgan fingerprint density at radius 3 is 2.64 bits per heavy atom. The van der Waals surface area contributed by atoms with Crippen LogP contribution in [0.3, 0.4) is 0 Å². The van der Waals surface area contributed by atoms with Crippen LogP contribution in [0.25, 0.3) is 5.65 Å². The van der Waals surface area contributed by atoms with Crippen molar-refractivity contribution in [2.24, 2.45) is 0 Å². The highest BCUT2D eigenvalue weighted by Crippen LogP contribution is 2.35.